The number of benzene rings is 1. The fraction of sp³-hybridized carbons (Fsp3) is 0.462. The lowest BCUT2D eigenvalue weighted by Gasteiger charge is -2.17. The maximum absolute atomic E-state index is 11.9. The molecule has 0 aliphatic heterocycles. The van der Waals surface area contributed by atoms with E-state index in [-0.39, 0.29) is 17.6 Å². The summed E-state index contributed by atoms with van der Waals surface area (Å²) >= 11 is 1.63. The molecule has 0 aliphatic carbocycles. The van der Waals surface area contributed by atoms with E-state index in [4.69, 9.17) is 5.73 Å². The maximum Gasteiger partial charge on any atom is 0.269 e. The van der Waals surface area contributed by atoms with Crippen LogP contribution in [0.15, 0.2) is 24.3 Å². The van der Waals surface area contributed by atoms with Crippen molar-refractivity contribution < 1.29 is 9.72 Å². The van der Waals surface area contributed by atoms with Crippen LogP contribution in [0.4, 0.5) is 5.69 Å². The minimum absolute atomic E-state index is 0.00952. The second-order valence-corrected chi connectivity index (χ2v) is 5.46. The molecular formula is C13H19N3O3S. The molecule has 2 atom stereocenters. The van der Waals surface area contributed by atoms with E-state index < -0.39 is 11.0 Å². The van der Waals surface area contributed by atoms with E-state index in [1.165, 1.54) is 12.1 Å². The van der Waals surface area contributed by atoms with Gasteiger partial charge in [-0.2, -0.15) is 11.8 Å². The number of non-ortho nitro benzene ring substituents is 1. The van der Waals surface area contributed by atoms with Crippen LogP contribution in [0.25, 0.3) is 0 Å². The van der Waals surface area contributed by atoms with E-state index in [1.54, 1.807) is 30.8 Å². The molecule has 0 spiro atoms. The van der Waals surface area contributed by atoms with Gasteiger partial charge in [-0.15, -0.1) is 0 Å². The van der Waals surface area contributed by atoms with Gasteiger partial charge in [0.25, 0.3) is 5.69 Å². The number of nitro benzene ring substituents is 1. The van der Waals surface area contributed by atoms with Gasteiger partial charge in [0.05, 0.1) is 17.0 Å². The smallest absolute Gasteiger partial charge is 0.269 e. The molecule has 3 N–H and O–H groups in total. The summed E-state index contributed by atoms with van der Waals surface area (Å²) in [5.74, 6) is 0.581. The molecule has 0 heterocycles. The average molecular weight is 297 g/mol. The molecule has 1 aromatic rings. The van der Waals surface area contributed by atoms with Crippen molar-refractivity contribution in [2.75, 3.05) is 12.0 Å². The summed E-state index contributed by atoms with van der Waals surface area (Å²) in [4.78, 5) is 22.1. The zero-order chi connectivity index (χ0) is 15.1. The molecule has 0 aromatic heterocycles. The van der Waals surface area contributed by atoms with E-state index in [0.717, 1.165) is 5.75 Å². The Morgan fingerprint density at radius 1 is 1.55 bits per heavy atom. The topological polar surface area (TPSA) is 98.3 Å². The third-order valence-corrected chi connectivity index (χ3v) is 3.55. The third-order valence-electron chi connectivity index (χ3n) is 2.91. The van der Waals surface area contributed by atoms with Crippen LogP contribution in [0, 0.1) is 10.1 Å². The van der Waals surface area contributed by atoms with Gasteiger partial charge in [0, 0.05) is 12.1 Å². The average Bonchev–Trinajstić information content (AvgIpc) is 2.44. The molecule has 0 saturated carbocycles. The van der Waals surface area contributed by atoms with Crippen LogP contribution in [0.2, 0.25) is 0 Å². The van der Waals surface area contributed by atoms with Crippen LogP contribution >= 0.6 is 11.8 Å². The summed E-state index contributed by atoms with van der Waals surface area (Å²) in [6.45, 7) is 1.78. The Morgan fingerprint density at radius 2 is 2.25 bits per heavy atom. The lowest BCUT2D eigenvalue weighted by atomic mass is 10.1. The first-order valence-electron chi connectivity index (χ1n) is 6.25. The van der Waals surface area contributed by atoms with Crippen LogP contribution < -0.4 is 11.1 Å². The number of hydrogen-bond donors (Lipinski definition) is 2. The highest BCUT2D eigenvalue weighted by Crippen LogP contribution is 2.19. The van der Waals surface area contributed by atoms with Gasteiger partial charge in [-0.1, -0.05) is 12.1 Å². The first kappa shape index (κ1) is 16.5. The van der Waals surface area contributed by atoms with Gasteiger partial charge in [0.15, 0.2) is 0 Å². The predicted octanol–water partition coefficient (Wildman–Crippen LogP) is 1.85. The molecule has 7 heteroatoms. The van der Waals surface area contributed by atoms with Crippen molar-refractivity contribution in [3.8, 4) is 0 Å². The second kappa shape index (κ2) is 7.86. The van der Waals surface area contributed by atoms with Crippen LogP contribution in [-0.4, -0.2) is 28.9 Å². The van der Waals surface area contributed by atoms with Gasteiger partial charge < -0.3 is 11.1 Å². The van der Waals surface area contributed by atoms with Crippen LogP contribution in [-0.2, 0) is 4.79 Å². The first-order valence-corrected chi connectivity index (χ1v) is 7.64. The van der Waals surface area contributed by atoms with Gasteiger partial charge >= 0.3 is 0 Å². The Labute approximate surface area is 122 Å². The SMILES string of the molecule is CSCC[C@@H](N)C(=O)NC(C)c1cccc([N+](=O)[O-])c1. The Morgan fingerprint density at radius 3 is 2.85 bits per heavy atom. The molecule has 1 amide bonds. The number of carbonyl (C=O) groups is 1. The van der Waals surface area contributed by atoms with E-state index >= 15 is 0 Å². The van der Waals surface area contributed by atoms with Crippen LogP contribution in [0.1, 0.15) is 24.9 Å². The van der Waals surface area contributed by atoms with Crippen molar-refractivity contribution in [2.45, 2.75) is 25.4 Å². The molecule has 110 valence electrons. The molecule has 0 radical (unpaired) electrons. The van der Waals surface area contributed by atoms with E-state index in [0.29, 0.717) is 12.0 Å². The number of thioether (sulfide) groups is 1. The van der Waals surface area contributed by atoms with Gasteiger partial charge in [-0.05, 0) is 30.9 Å². The predicted molar refractivity (Wildman–Crippen MR) is 80.6 cm³/mol. The molecule has 1 unspecified atom stereocenters. The summed E-state index contributed by atoms with van der Waals surface area (Å²) in [5, 5.41) is 13.5. The maximum atomic E-state index is 11.9. The monoisotopic (exact) mass is 297 g/mol. The molecule has 0 fully saturated rings. The van der Waals surface area contributed by atoms with Crippen molar-refractivity contribution in [1.82, 2.24) is 5.32 Å². The first-order chi connectivity index (χ1) is 9.45. The Bertz CT molecular complexity index is 482. The number of nitrogens with zero attached hydrogens (tertiary/aromatic N) is 1. The summed E-state index contributed by atoms with van der Waals surface area (Å²) in [6, 6.07) is 5.35. The van der Waals surface area contributed by atoms with Crippen molar-refractivity contribution in [1.29, 1.82) is 0 Å². The minimum Gasteiger partial charge on any atom is -0.348 e. The fourth-order valence-corrected chi connectivity index (χ4v) is 2.18. The number of amides is 1. The normalized spacial score (nSPS) is 13.6. The van der Waals surface area contributed by atoms with Crippen molar-refractivity contribution in [3.63, 3.8) is 0 Å². The quantitative estimate of drug-likeness (QED) is 0.591. The molecule has 20 heavy (non-hydrogen) atoms. The standard InChI is InChI=1S/C13H19N3O3S/c1-9(15-13(17)12(14)6-7-20-2)10-4-3-5-11(8-10)16(18)19/h3-5,8-9,12H,6-7,14H2,1-2H3,(H,15,17)/t9?,12-/m1/s1. The molecule has 0 aliphatic rings. The van der Waals surface area contributed by atoms with Crippen molar-refractivity contribution >= 4 is 23.4 Å². The van der Waals surface area contributed by atoms with Gasteiger partial charge in [0.2, 0.25) is 5.91 Å². The summed E-state index contributed by atoms with van der Waals surface area (Å²) in [5.41, 5.74) is 6.47. The highest BCUT2D eigenvalue weighted by atomic mass is 32.2. The van der Waals surface area contributed by atoms with Gasteiger partial charge in [-0.3, -0.25) is 14.9 Å². The number of hydrogen-bond acceptors (Lipinski definition) is 5. The van der Waals surface area contributed by atoms with Gasteiger partial charge in [0.1, 0.15) is 0 Å². The zero-order valence-electron chi connectivity index (χ0n) is 11.5. The lowest BCUT2D eigenvalue weighted by Crippen LogP contribution is -2.41. The Balaban J connectivity index is 2.66. The van der Waals surface area contributed by atoms with Crippen molar-refractivity contribution in [2.24, 2.45) is 5.73 Å². The molecule has 0 bridgehead atoms. The van der Waals surface area contributed by atoms with E-state index in [9.17, 15) is 14.9 Å². The fourth-order valence-electron chi connectivity index (χ4n) is 1.69. The highest BCUT2D eigenvalue weighted by Gasteiger charge is 2.17. The van der Waals surface area contributed by atoms with Crippen LogP contribution in [0.3, 0.4) is 0 Å². The molecule has 1 rings (SSSR count). The third kappa shape index (κ3) is 4.82. The number of nitro groups is 1. The molecular weight excluding hydrogens is 278 g/mol. The summed E-state index contributed by atoms with van der Waals surface area (Å²) < 4.78 is 0. The zero-order valence-corrected chi connectivity index (χ0v) is 12.4. The van der Waals surface area contributed by atoms with Gasteiger partial charge in [-0.25, -0.2) is 0 Å². The molecule has 1 aromatic carbocycles. The number of nitrogens with one attached hydrogen (secondary N) is 1. The highest BCUT2D eigenvalue weighted by molar-refractivity contribution is 7.98. The number of carbonyl (C=O) groups excluding carboxylic acids is 1. The van der Waals surface area contributed by atoms with E-state index in [1.807, 2.05) is 6.26 Å². The van der Waals surface area contributed by atoms with Crippen molar-refractivity contribution in [3.05, 3.63) is 39.9 Å². The lowest BCUT2D eigenvalue weighted by molar-refractivity contribution is -0.384. The minimum atomic E-state index is -0.552. The van der Waals surface area contributed by atoms with E-state index in [2.05, 4.69) is 5.32 Å². The number of nitrogens with two attached hydrogens (primary N) is 1. The van der Waals surface area contributed by atoms with Crippen LogP contribution in [0.5, 0.6) is 0 Å². The Hall–Kier alpha value is -1.60. The largest absolute Gasteiger partial charge is 0.348 e. The summed E-state index contributed by atoms with van der Waals surface area (Å²) in [6.07, 6.45) is 2.56. The Kier molecular flexibility index (Phi) is 6.47. The molecule has 6 nitrogen and oxygen atoms in total. The molecule has 0 saturated heterocycles. The number of rotatable bonds is 7. The summed E-state index contributed by atoms with van der Waals surface area (Å²) in [7, 11) is 0. The second-order valence-electron chi connectivity index (χ2n) is 4.47.